The second kappa shape index (κ2) is 11.4. The first-order valence-corrected chi connectivity index (χ1v) is 10.6. The predicted octanol–water partition coefficient (Wildman–Crippen LogP) is 0.619. The molecule has 0 fully saturated rings. The van der Waals surface area contributed by atoms with Gasteiger partial charge in [-0.1, -0.05) is 6.07 Å². The molecule has 4 rings (SSSR count). The highest BCUT2D eigenvalue weighted by atomic mass is 35.5. The number of nitrogens with zero attached hydrogens (tertiary/aromatic N) is 4. The van der Waals surface area contributed by atoms with Crippen LogP contribution in [0, 0.1) is 6.92 Å². The number of halogens is 1. The summed E-state index contributed by atoms with van der Waals surface area (Å²) in [6.07, 6.45) is 5.01. The first-order valence-electron chi connectivity index (χ1n) is 10.6. The largest absolute Gasteiger partial charge is 1.00 e. The summed E-state index contributed by atoms with van der Waals surface area (Å²) in [4.78, 5) is 17.5. The zero-order chi connectivity index (χ0) is 22.3. The maximum Gasteiger partial charge on any atom is 0.219 e. The molecule has 0 aliphatic carbocycles. The lowest BCUT2D eigenvalue weighted by molar-refractivity contribution is -0.683. The van der Waals surface area contributed by atoms with E-state index < -0.39 is 0 Å². The maximum atomic E-state index is 5.95. The van der Waals surface area contributed by atoms with Gasteiger partial charge in [0.2, 0.25) is 5.88 Å². The Morgan fingerprint density at radius 2 is 1.79 bits per heavy atom. The minimum Gasteiger partial charge on any atom is -1.00 e. The second-order valence-corrected chi connectivity index (χ2v) is 7.80. The Morgan fingerprint density at radius 3 is 2.52 bits per heavy atom. The van der Waals surface area contributed by atoms with Crippen LogP contribution in [-0.4, -0.2) is 39.1 Å². The van der Waals surface area contributed by atoms with Crippen molar-refractivity contribution in [2.24, 2.45) is 0 Å². The van der Waals surface area contributed by atoms with Gasteiger partial charge in [-0.05, 0) is 56.7 Å². The highest BCUT2D eigenvalue weighted by Crippen LogP contribution is 2.28. The molecule has 0 spiro atoms. The van der Waals surface area contributed by atoms with Crippen LogP contribution in [0.25, 0.3) is 10.9 Å². The minimum atomic E-state index is 0. The van der Waals surface area contributed by atoms with Gasteiger partial charge in [0.25, 0.3) is 0 Å². The zero-order valence-electron chi connectivity index (χ0n) is 18.8. The SMILES string of the molecule is Cc1ccc(Nc2ncnc3ccc(Oc4ccc(OCC[NH2+]C(C)C)cn4)cc23)nc1.[Cl-]. The standard InChI is InChI=1S/C24H26N6O2.ClH/c1-16(2)25-10-11-31-19-6-9-23(27-14-19)32-18-5-7-21-20(12-18)24(29-15-28-21)30-22-8-4-17(3)13-26-22;/h4-9,12-16,25H,10-11H2,1-3H3,(H,26,28,29,30);1H. The number of aryl methyl sites for hydroxylation is 1. The van der Waals surface area contributed by atoms with Crippen molar-refractivity contribution in [2.75, 3.05) is 18.5 Å². The Morgan fingerprint density at radius 1 is 0.939 bits per heavy atom. The number of nitrogens with two attached hydrogens (primary N) is 1. The third-order valence-electron chi connectivity index (χ3n) is 4.72. The van der Waals surface area contributed by atoms with Crippen LogP contribution in [0.4, 0.5) is 11.6 Å². The third-order valence-corrected chi connectivity index (χ3v) is 4.72. The molecule has 9 heteroatoms. The smallest absolute Gasteiger partial charge is 0.219 e. The molecule has 172 valence electrons. The molecule has 0 unspecified atom stereocenters. The van der Waals surface area contributed by atoms with Gasteiger partial charge in [0.05, 0.1) is 17.8 Å². The molecule has 0 radical (unpaired) electrons. The molecule has 0 aliphatic rings. The van der Waals surface area contributed by atoms with E-state index in [4.69, 9.17) is 9.47 Å². The summed E-state index contributed by atoms with van der Waals surface area (Å²) in [5, 5.41) is 6.31. The Balaban J connectivity index is 0.00000306. The van der Waals surface area contributed by atoms with Crippen molar-refractivity contribution < 1.29 is 27.2 Å². The maximum absolute atomic E-state index is 5.95. The summed E-state index contributed by atoms with van der Waals surface area (Å²) in [6, 6.07) is 13.8. The van der Waals surface area contributed by atoms with E-state index in [9.17, 15) is 0 Å². The Kier molecular flexibility index (Phi) is 8.34. The summed E-state index contributed by atoms with van der Waals surface area (Å²) in [6.45, 7) is 7.86. The molecular formula is C24H27ClN6O2. The number of benzene rings is 1. The molecule has 3 heterocycles. The Bertz CT molecular complexity index is 1170. The van der Waals surface area contributed by atoms with Crippen molar-refractivity contribution in [3.8, 4) is 17.4 Å². The fourth-order valence-electron chi connectivity index (χ4n) is 3.07. The molecule has 1 aromatic carbocycles. The van der Waals surface area contributed by atoms with Crippen LogP contribution < -0.4 is 32.5 Å². The van der Waals surface area contributed by atoms with Crippen LogP contribution >= 0.6 is 0 Å². The molecule has 0 aliphatic heterocycles. The van der Waals surface area contributed by atoms with Crippen molar-refractivity contribution in [2.45, 2.75) is 26.8 Å². The number of quaternary nitrogens is 1. The lowest BCUT2D eigenvalue weighted by Crippen LogP contribution is -3.00. The third kappa shape index (κ3) is 6.74. The van der Waals surface area contributed by atoms with Crippen LogP contribution in [0.1, 0.15) is 19.4 Å². The monoisotopic (exact) mass is 466 g/mol. The van der Waals surface area contributed by atoms with Crippen molar-refractivity contribution >= 4 is 22.5 Å². The number of anilines is 2. The van der Waals surface area contributed by atoms with E-state index >= 15 is 0 Å². The average molecular weight is 467 g/mol. The summed E-state index contributed by atoms with van der Waals surface area (Å²) >= 11 is 0. The fraction of sp³-hybridized carbons (Fsp3) is 0.250. The summed E-state index contributed by atoms with van der Waals surface area (Å²) < 4.78 is 11.7. The van der Waals surface area contributed by atoms with Gasteiger partial charge in [0.15, 0.2) is 0 Å². The lowest BCUT2D eigenvalue weighted by atomic mass is 10.2. The topological polar surface area (TPSA) is 98.7 Å². The van der Waals surface area contributed by atoms with Gasteiger partial charge in [0, 0.05) is 17.6 Å². The lowest BCUT2D eigenvalue weighted by Gasteiger charge is -2.10. The summed E-state index contributed by atoms with van der Waals surface area (Å²) in [7, 11) is 0. The fourth-order valence-corrected chi connectivity index (χ4v) is 3.07. The molecule has 0 saturated carbocycles. The molecule has 33 heavy (non-hydrogen) atoms. The molecule has 0 atom stereocenters. The van der Waals surface area contributed by atoms with E-state index in [2.05, 4.69) is 44.4 Å². The van der Waals surface area contributed by atoms with Crippen molar-refractivity contribution in [3.63, 3.8) is 0 Å². The molecule has 0 saturated heterocycles. The normalized spacial score (nSPS) is 10.7. The quantitative estimate of drug-likeness (QED) is 0.349. The number of rotatable bonds is 9. The van der Waals surface area contributed by atoms with Crippen molar-refractivity contribution in [1.29, 1.82) is 0 Å². The molecule has 0 bridgehead atoms. The first kappa shape index (κ1) is 24.2. The number of aromatic nitrogens is 4. The highest BCUT2D eigenvalue weighted by Gasteiger charge is 2.08. The van der Waals surface area contributed by atoms with Crippen molar-refractivity contribution in [3.05, 3.63) is 66.7 Å². The van der Waals surface area contributed by atoms with E-state index in [1.54, 1.807) is 12.3 Å². The Labute approximate surface area is 199 Å². The van der Waals surface area contributed by atoms with Crippen LogP contribution in [-0.2, 0) is 0 Å². The average Bonchev–Trinajstić information content (AvgIpc) is 2.79. The second-order valence-electron chi connectivity index (χ2n) is 7.80. The number of hydrogen-bond acceptors (Lipinski definition) is 7. The number of pyridine rings is 2. The minimum absolute atomic E-state index is 0. The number of fused-ring (bicyclic) bond motifs is 1. The van der Waals surface area contributed by atoms with Crippen LogP contribution in [0.5, 0.6) is 17.4 Å². The van der Waals surface area contributed by atoms with Gasteiger partial charge in [0.1, 0.15) is 42.6 Å². The summed E-state index contributed by atoms with van der Waals surface area (Å²) in [5.41, 5.74) is 1.90. The Hall–Kier alpha value is -3.49. The van der Waals surface area contributed by atoms with Gasteiger partial charge in [-0.25, -0.2) is 19.9 Å². The van der Waals surface area contributed by atoms with Gasteiger partial charge in [-0.2, -0.15) is 0 Å². The van der Waals surface area contributed by atoms with Crippen LogP contribution in [0.15, 0.2) is 61.2 Å². The van der Waals surface area contributed by atoms with Gasteiger partial charge >= 0.3 is 0 Å². The molecule has 3 N–H and O–H groups in total. The number of ether oxygens (including phenoxy) is 2. The van der Waals surface area contributed by atoms with Crippen molar-refractivity contribution in [1.82, 2.24) is 19.9 Å². The number of hydrogen-bond donors (Lipinski definition) is 2. The first-order chi connectivity index (χ1) is 15.6. The molecule has 4 aromatic rings. The molecule has 3 aromatic heterocycles. The molecule has 8 nitrogen and oxygen atoms in total. The molecular weight excluding hydrogens is 440 g/mol. The van der Waals surface area contributed by atoms with E-state index in [-0.39, 0.29) is 12.4 Å². The van der Waals surface area contributed by atoms with E-state index in [0.29, 0.717) is 35.9 Å². The summed E-state index contributed by atoms with van der Waals surface area (Å²) in [5.74, 6) is 3.22. The number of nitrogens with one attached hydrogen (secondary N) is 1. The van der Waals surface area contributed by atoms with Gasteiger partial charge in [-0.15, -0.1) is 0 Å². The highest BCUT2D eigenvalue weighted by molar-refractivity contribution is 5.91. The van der Waals surface area contributed by atoms with E-state index in [1.165, 1.54) is 6.33 Å². The molecule has 0 amide bonds. The van der Waals surface area contributed by atoms with Gasteiger partial charge < -0.3 is 32.5 Å². The van der Waals surface area contributed by atoms with Gasteiger partial charge in [-0.3, -0.25) is 0 Å². The predicted molar refractivity (Wildman–Crippen MR) is 124 cm³/mol. The van der Waals surface area contributed by atoms with Crippen LogP contribution in [0.3, 0.4) is 0 Å². The van der Waals surface area contributed by atoms with E-state index in [0.717, 1.165) is 28.8 Å². The van der Waals surface area contributed by atoms with Crippen LogP contribution in [0.2, 0.25) is 0 Å². The zero-order valence-corrected chi connectivity index (χ0v) is 19.6. The van der Waals surface area contributed by atoms with E-state index in [1.807, 2.05) is 49.5 Å².